The van der Waals surface area contributed by atoms with Crippen LogP contribution >= 0.6 is 0 Å². The summed E-state index contributed by atoms with van der Waals surface area (Å²) >= 11 is 0. The highest BCUT2D eigenvalue weighted by molar-refractivity contribution is 5.89. The Labute approximate surface area is 103 Å². The van der Waals surface area contributed by atoms with E-state index in [9.17, 15) is 18.0 Å². The summed E-state index contributed by atoms with van der Waals surface area (Å²) in [6.07, 6.45) is -3.97. The van der Waals surface area contributed by atoms with E-state index in [4.69, 9.17) is 4.74 Å². The van der Waals surface area contributed by atoms with E-state index in [1.165, 1.54) is 6.07 Å². The number of hydrogen-bond donors (Lipinski definition) is 0. The molecule has 0 bridgehead atoms. The molecule has 0 heterocycles. The SMILES string of the molecule is CCCOC(=O)c1ccc(OC)c(C(F)(F)F)c1. The zero-order chi connectivity index (χ0) is 13.8. The lowest BCUT2D eigenvalue weighted by atomic mass is 10.1. The molecule has 3 nitrogen and oxygen atoms in total. The predicted octanol–water partition coefficient (Wildman–Crippen LogP) is 3.28. The monoisotopic (exact) mass is 262 g/mol. The summed E-state index contributed by atoms with van der Waals surface area (Å²) < 4.78 is 47.5. The Morgan fingerprint density at radius 2 is 2.00 bits per heavy atom. The van der Waals surface area contributed by atoms with Crippen LogP contribution in [0.5, 0.6) is 5.75 Å². The maximum Gasteiger partial charge on any atom is 0.419 e. The number of benzene rings is 1. The predicted molar refractivity (Wildman–Crippen MR) is 58.6 cm³/mol. The van der Waals surface area contributed by atoms with Gasteiger partial charge in [0, 0.05) is 0 Å². The van der Waals surface area contributed by atoms with Crippen LogP contribution in [0.1, 0.15) is 29.3 Å². The third-order valence-electron chi connectivity index (χ3n) is 2.18. The molecule has 0 aliphatic carbocycles. The number of methoxy groups -OCH3 is 1. The molecule has 0 N–H and O–H groups in total. The molecule has 0 amide bonds. The molecule has 1 aromatic rings. The van der Waals surface area contributed by atoms with Crippen LogP contribution in [-0.2, 0) is 10.9 Å². The Balaban J connectivity index is 3.07. The lowest BCUT2D eigenvalue weighted by molar-refractivity contribution is -0.138. The Hall–Kier alpha value is -1.72. The van der Waals surface area contributed by atoms with Gasteiger partial charge in [-0.3, -0.25) is 0 Å². The summed E-state index contributed by atoms with van der Waals surface area (Å²) in [4.78, 5) is 11.5. The van der Waals surface area contributed by atoms with Crippen molar-refractivity contribution in [3.63, 3.8) is 0 Å². The summed E-state index contributed by atoms with van der Waals surface area (Å²) in [6, 6.07) is 3.08. The lowest BCUT2D eigenvalue weighted by Crippen LogP contribution is -2.11. The van der Waals surface area contributed by atoms with Gasteiger partial charge in [0.25, 0.3) is 0 Å². The molecule has 0 unspecified atom stereocenters. The van der Waals surface area contributed by atoms with E-state index < -0.39 is 17.7 Å². The van der Waals surface area contributed by atoms with Crippen molar-refractivity contribution in [2.45, 2.75) is 19.5 Å². The molecule has 100 valence electrons. The summed E-state index contributed by atoms with van der Waals surface area (Å²) in [7, 11) is 1.14. The van der Waals surface area contributed by atoms with Crippen molar-refractivity contribution in [1.29, 1.82) is 0 Å². The van der Waals surface area contributed by atoms with Crippen LogP contribution in [-0.4, -0.2) is 19.7 Å². The average Bonchev–Trinajstić information content (AvgIpc) is 2.34. The normalized spacial score (nSPS) is 11.2. The molecule has 1 rings (SSSR count). The van der Waals surface area contributed by atoms with Gasteiger partial charge in [-0.05, 0) is 24.6 Å². The van der Waals surface area contributed by atoms with Gasteiger partial charge >= 0.3 is 12.1 Å². The molecular formula is C12H13F3O3. The molecule has 18 heavy (non-hydrogen) atoms. The first-order valence-electron chi connectivity index (χ1n) is 5.32. The molecule has 0 aromatic heterocycles. The Kier molecular flexibility index (Phi) is 4.58. The number of esters is 1. The van der Waals surface area contributed by atoms with Crippen molar-refractivity contribution in [2.24, 2.45) is 0 Å². The van der Waals surface area contributed by atoms with Gasteiger partial charge in [0.2, 0.25) is 0 Å². The Morgan fingerprint density at radius 3 is 2.50 bits per heavy atom. The van der Waals surface area contributed by atoms with Gasteiger partial charge in [0.05, 0.1) is 24.8 Å². The van der Waals surface area contributed by atoms with E-state index >= 15 is 0 Å². The number of rotatable bonds is 4. The second-order valence-corrected chi connectivity index (χ2v) is 3.55. The highest BCUT2D eigenvalue weighted by atomic mass is 19.4. The zero-order valence-electron chi connectivity index (χ0n) is 10.0. The van der Waals surface area contributed by atoms with Crippen LogP contribution in [0.3, 0.4) is 0 Å². The van der Waals surface area contributed by atoms with Crippen molar-refractivity contribution in [3.8, 4) is 5.75 Å². The maximum atomic E-state index is 12.7. The van der Waals surface area contributed by atoms with Gasteiger partial charge in [-0.1, -0.05) is 6.92 Å². The van der Waals surface area contributed by atoms with Crippen LogP contribution in [0.4, 0.5) is 13.2 Å². The van der Waals surface area contributed by atoms with Gasteiger partial charge in [0.15, 0.2) is 0 Å². The molecule has 0 aliphatic heterocycles. The summed E-state index contributed by atoms with van der Waals surface area (Å²) in [5.74, 6) is -1.10. The highest BCUT2D eigenvalue weighted by Crippen LogP contribution is 2.36. The highest BCUT2D eigenvalue weighted by Gasteiger charge is 2.35. The van der Waals surface area contributed by atoms with Crippen molar-refractivity contribution >= 4 is 5.97 Å². The summed E-state index contributed by atoms with van der Waals surface area (Å²) in [6.45, 7) is 1.97. The van der Waals surface area contributed by atoms with E-state index in [1.54, 1.807) is 6.92 Å². The largest absolute Gasteiger partial charge is 0.496 e. The number of hydrogen-bond acceptors (Lipinski definition) is 3. The third-order valence-corrected chi connectivity index (χ3v) is 2.18. The topological polar surface area (TPSA) is 35.5 Å². The van der Waals surface area contributed by atoms with Gasteiger partial charge in [-0.2, -0.15) is 13.2 Å². The number of carbonyl (C=O) groups is 1. The van der Waals surface area contributed by atoms with Gasteiger partial charge in [0.1, 0.15) is 5.75 Å². The third kappa shape index (κ3) is 3.38. The van der Waals surface area contributed by atoms with Gasteiger partial charge < -0.3 is 9.47 Å². The standard InChI is InChI=1S/C12H13F3O3/c1-3-6-18-11(16)8-4-5-10(17-2)9(7-8)12(13,14)15/h4-5,7H,3,6H2,1-2H3. The second-order valence-electron chi connectivity index (χ2n) is 3.55. The molecule has 0 saturated heterocycles. The average molecular weight is 262 g/mol. The smallest absolute Gasteiger partial charge is 0.419 e. The molecule has 1 aromatic carbocycles. The van der Waals surface area contributed by atoms with E-state index in [1.807, 2.05) is 0 Å². The molecule has 0 atom stereocenters. The first kappa shape index (κ1) is 14.3. The van der Waals surface area contributed by atoms with E-state index in [0.29, 0.717) is 6.42 Å². The molecular weight excluding hydrogens is 249 g/mol. The zero-order valence-corrected chi connectivity index (χ0v) is 10.0. The van der Waals surface area contributed by atoms with Crippen LogP contribution in [0.15, 0.2) is 18.2 Å². The lowest BCUT2D eigenvalue weighted by Gasteiger charge is -2.13. The maximum absolute atomic E-state index is 12.7. The first-order valence-corrected chi connectivity index (χ1v) is 5.32. The minimum absolute atomic E-state index is 0.142. The fourth-order valence-corrected chi connectivity index (χ4v) is 1.33. The summed E-state index contributed by atoms with van der Waals surface area (Å²) in [5, 5.41) is 0. The second kappa shape index (κ2) is 5.75. The van der Waals surface area contributed by atoms with Crippen LogP contribution in [0, 0.1) is 0 Å². The summed E-state index contributed by atoms with van der Waals surface area (Å²) in [5.41, 5.74) is -1.13. The molecule has 6 heteroatoms. The molecule has 0 aliphatic rings. The molecule has 0 saturated carbocycles. The number of ether oxygens (including phenoxy) is 2. The van der Waals surface area contributed by atoms with Crippen molar-refractivity contribution in [3.05, 3.63) is 29.3 Å². The minimum Gasteiger partial charge on any atom is -0.496 e. The number of carbonyl (C=O) groups excluding carboxylic acids is 1. The van der Waals surface area contributed by atoms with Gasteiger partial charge in [-0.15, -0.1) is 0 Å². The first-order chi connectivity index (χ1) is 8.40. The molecule has 0 spiro atoms. The fraction of sp³-hybridized carbons (Fsp3) is 0.417. The van der Waals surface area contributed by atoms with Crippen molar-refractivity contribution in [2.75, 3.05) is 13.7 Å². The van der Waals surface area contributed by atoms with Crippen molar-refractivity contribution < 1.29 is 27.4 Å². The minimum atomic E-state index is -4.58. The fourth-order valence-electron chi connectivity index (χ4n) is 1.33. The number of halogens is 3. The van der Waals surface area contributed by atoms with Crippen LogP contribution < -0.4 is 4.74 Å². The van der Waals surface area contributed by atoms with Crippen LogP contribution in [0.25, 0.3) is 0 Å². The Bertz CT molecular complexity index is 427. The van der Waals surface area contributed by atoms with Crippen LogP contribution in [0.2, 0.25) is 0 Å². The van der Waals surface area contributed by atoms with Crippen molar-refractivity contribution in [1.82, 2.24) is 0 Å². The Morgan fingerprint density at radius 1 is 1.33 bits per heavy atom. The van der Waals surface area contributed by atoms with Gasteiger partial charge in [-0.25, -0.2) is 4.79 Å². The number of alkyl halides is 3. The quantitative estimate of drug-likeness (QED) is 0.781. The van der Waals surface area contributed by atoms with E-state index in [-0.39, 0.29) is 17.9 Å². The molecule has 0 radical (unpaired) electrons. The molecule has 0 fully saturated rings. The van der Waals surface area contributed by atoms with E-state index in [2.05, 4.69) is 4.74 Å². The van der Waals surface area contributed by atoms with E-state index in [0.717, 1.165) is 19.2 Å².